The molecule has 114 valence electrons. The number of carboxylic acids is 1. The van der Waals surface area contributed by atoms with Gasteiger partial charge < -0.3 is 10.1 Å². The maximum Gasteiger partial charge on any atom is 0.320 e. The summed E-state index contributed by atoms with van der Waals surface area (Å²) in [6.07, 6.45) is 0. The van der Waals surface area contributed by atoms with Gasteiger partial charge in [-0.05, 0) is 27.6 Å². The molecule has 2 rings (SSSR count). The van der Waals surface area contributed by atoms with Crippen molar-refractivity contribution in [3.63, 3.8) is 0 Å². The van der Waals surface area contributed by atoms with Crippen molar-refractivity contribution in [2.75, 3.05) is 12.8 Å². The van der Waals surface area contributed by atoms with Gasteiger partial charge in [-0.1, -0.05) is 34.7 Å². The van der Waals surface area contributed by atoms with Crippen LogP contribution >= 0.6 is 38.5 Å². The molecule has 0 radical (unpaired) electrons. The van der Waals surface area contributed by atoms with Gasteiger partial charge in [0.2, 0.25) is 0 Å². The minimum absolute atomic E-state index is 0.148. The van der Waals surface area contributed by atoms with Gasteiger partial charge in [0, 0.05) is 17.1 Å². The number of nitrogens with zero attached hydrogens (tertiary/aromatic N) is 1. The minimum Gasteiger partial charge on any atom is -0.480 e. The highest BCUT2D eigenvalue weighted by atomic mass is 127. The van der Waals surface area contributed by atoms with Gasteiger partial charge in [-0.15, -0.1) is 0 Å². The van der Waals surface area contributed by atoms with Crippen molar-refractivity contribution in [2.45, 2.75) is 8.82 Å². The number of hydrazine groups is 1. The van der Waals surface area contributed by atoms with Crippen molar-refractivity contribution < 1.29 is 18.3 Å². The molecular weight excluding hydrogens is 475 g/mol. The van der Waals surface area contributed by atoms with Crippen LogP contribution < -0.4 is 5.84 Å². The van der Waals surface area contributed by atoms with Crippen LogP contribution in [0.15, 0.2) is 33.1 Å². The van der Waals surface area contributed by atoms with E-state index in [1.165, 1.54) is 5.01 Å². The highest BCUT2D eigenvalue weighted by molar-refractivity contribution is 14.1. The van der Waals surface area contributed by atoms with Gasteiger partial charge in [0.25, 0.3) is 0 Å². The second-order valence-corrected chi connectivity index (χ2v) is 8.59. The third-order valence-electron chi connectivity index (χ3n) is 3.06. The summed E-state index contributed by atoms with van der Waals surface area (Å²) in [6.45, 7) is 0. The fourth-order valence-corrected chi connectivity index (χ4v) is 5.93. The molecular formula is C12H12BrIN2O4S. The zero-order valence-electron chi connectivity index (χ0n) is 10.9. The third-order valence-corrected chi connectivity index (χ3v) is 7.02. The molecule has 0 aliphatic carbocycles. The molecule has 1 heterocycles. The summed E-state index contributed by atoms with van der Waals surface area (Å²) in [4.78, 5) is 11.4. The molecule has 9 heteroatoms. The number of rotatable bonds is 3. The van der Waals surface area contributed by atoms with Crippen LogP contribution in [0.4, 0.5) is 0 Å². The number of benzene rings is 1. The number of alkyl halides is 1. The van der Waals surface area contributed by atoms with Crippen LogP contribution in [0.2, 0.25) is 0 Å². The lowest BCUT2D eigenvalue weighted by molar-refractivity contribution is -0.135. The Balaban J connectivity index is 2.85. The standard InChI is InChI=1S/C12H12BrIN2O4S/c1-16(15)10-6-3-2-4-8(13)11(6)21(19,20)5-7(10)9(14)12(17)18/h2-4,9H,5,15H2,1H3,(H,17,18). The van der Waals surface area contributed by atoms with Crippen molar-refractivity contribution in [3.05, 3.63) is 33.8 Å². The number of hydrogen-bond donors (Lipinski definition) is 2. The van der Waals surface area contributed by atoms with Gasteiger partial charge in [-0.2, -0.15) is 0 Å². The van der Waals surface area contributed by atoms with E-state index in [1.807, 2.05) is 0 Å². The molecule has 0 amide bonds. The molecule has 1 aliphatic rings. The third kappa shape index (κ3) is 2.96. The van der Waals surface area contributed by atoms with Crippen LogP contribution in [0.1, 0.15) is 5.56 Å². The Morgan fingerprint density at radius 1 is 1.52 bits per heavy atom. The highest BCUT2D eigenvalue weighted by Gasteiger charge is 2.37. The summed E-state index contributed by atoms with van der Waals surface area (Å²) >= 11 is 4.95. The Labute approximate surface area is 144 Å². The average molecular weight is 487 g/mol. The van der Waals surface area contributed by atoms with Crippen LogP contribution in [0, 0.1) is 0 Å². The van der Waals surface area contributed by atoms with E-state index in [0.29, 0.717) is 15.7 Å². The summed E-state index contributed by atoms with van der Waals surface area (Å²) in [5, 5.41) is 10.5. The van der Waals surface area contributed by atoms with Gasteiger partial charge in [0.05, 0.1) is 16.3 Å². The quantitative estimate of drug-likeness (QED) is 0.291. The smallest absolute Gasteiger partial charge is 0.320 e. The Morgan fingerprint density at radius 2 is 2.14 bits per heavy atom. The van der Waals surface area contributed by atoms with Crippen molar-refractivity contribution in [1.29, 1.82) is 0 Å². The monoisotopic (exact) mass is 486 g/mol. The van der Waals surface area contributed by atoms with E-state index in [0.717, 1.165) is 0 Å². The van der Waals surface area contributed by atoms with Crippen molar-refractivity contribution in [3.8, 4) is 0 Å². The molecule has 0 aromatic heterocycles. The fourth-order valence-electron chi connectivity index (χ4n) is 2.29. The van der Waals surface area contributed by atoms with Crippen LogP contribution in [0.25, 0.3) is 5.70 Å². The summed E-state index contributed by atoms with van der Waals surface area (Å²) in [5.41, 5.74) is 1.13. The van der Waals surface area contributed by atoms with E-state index in [2.05, 4.69) is 15.9 Å². The predicted octanol–water partition coefficient (Wildman–Crippen LogP) is 1.64. The second kappa shape index (κ2) is 5.86. The van der Waals surface area contributed by atoms with Gasteiger partial charge in [-0.25, -0.2) is 14.3 Å². The molecule has 1 aliphatic heterocycles. The molecule has 1 atom stereocenters. The summed E-state index contributed by atoms with van der Waals surface area (Å²) in [5.74, 6) is 4.36. The summed E-state index contributed by atoms with van der Waals surface area (Å²) < 4.78 is 24.4. The highest BCUT2D eigenvalue weighted by Crippen LogP contribution is 2.40. The number of hydrogen-bond acceptors (Lipinski definition) is 5. The molecule has 1 unspecified atom stereocenters. The van der Waals surface area contributed by atoms with Crippen LogP contribution in [0.5, 0.6) is 0 Å². The first-order valence-corrected chi connectivity index (χ1v) is 9.46. The van der Waals surface area contributed by atoms with Crippen LogP contribution in [0.3, 0.4) is 0 Å². The topological polar surface area (TPSA) is 101 Å². The van der Waals surface area contributed by atoms with E-state index < -0.39 is 19.7 Å². The van der Waals surface area contributed by atoms with E-state index in [-0.39, 0.29) is 16.2 Å². The molecule has 0 saturated heterocycles. The lowest BCUT2D eigenvalue weighted by Crippen LogP contribution is -2.34. The number of nitrogens with two attached hydrogens (primary N) is 1. The second-order valence-electron chi connectivity index (χ2n) is 4.56. The number of carboxylic acid groups (broad SMARTS) is 1. The zero-order valence-corrected chi connectivity index (χ0v) is 15.4. The average Bonchev–Trinajstić information content (AvgIpc) is 2.35. The summed E-state index contributed by atoms with van der Waals surface area (Å²) in [6, 6.07) is 4.95. The maximum atomic E-state index is 12.5. The number of carbonyl (C=O) groups is 1. The Hall–Kier alpha value is -0.650. The van der Waals surface area contributed by atoms with Gasteiger partial charge >= 0.3 is 5.97 Å². The van der Waals surface area contributed by atoms with Gasteiger partial charge in [0.15, 0.2) is 9.84 Å². The normalized spacial score (nSPS) is 18.1. The summed E-state index contributed by atoms with van der Waals surface area (Å²) in [7, 11) is -2.06. The molecule has 0 fully saturated rings. The molecule has 6 nitrogen and oxygen atoms in total. The van der Waals surface area contributed by atoms with Crippen LogP contribution in [-0.2, 0) is 14.6 Å². The molecule has 0 saturated carbocycles. The first-order chi connectivity index (χ1) is 9.66. The lowest BCUT2D eigenvalue weighted by Gasteiger charge is -2.29. The Morgan fingerprint density at radius 3 is 2.67 bits per heavy atom. The first kappa shape index (κ1) is 16.7. The molecule has 0 bridgehead atoms. The van der Waals surface area contributed by atoms with Crippen molar-refractivity contribution >= 4 is 60.0 Å². The SMILES string of the molecule is CN(N)C1=C(C(I)C(=O)O)CS(=O)(=O)c2c(Br)cccc21. The van der Waals surface area contributed by atoms with Crippen molar-refractivity contribution in [2.24, 2.45) is 5.84 Å². The molecule has 3 N–H and O–H groups in total. The lowest BCUT2D eigenvalue weighted by atomic mass is 10.0. The Bertz CT molecular complexity index is 746. The zero-order chi connectivity index (χ0) is 15.9. The Kier molecular flexibility index (Phi) is 4.66. The predicted molar refractivity (Wildman–Crippen MR) is 90.5 cm³/mol. The minimum atomic E-state index is -3.62. The fraction of sp³-hybridized carbons (Fsp3) is 0.250. The van der Waals surface area contributed by atoms with E-state index in [4.69, 9.17) is 5.84 Å². The first-order valence-electron chi connectivity index (χ1n) is 5.77. The molecule has 0 spiro atoms. The number of sulfone groups is 1. The van der Waals surface area contributed by atoms with Crippen LogP contribution in [-0.4, -0.2) is 41.2 Å². The van der Waals surface area contributed by atoms with E-state index in [1.54, 1.807) is 47.8 Å². The van der Waals surface area contributed by atoms with Crippen molar-refractivity contribution in [1.82, 2.24) is 5.01 Å². The van der Waals surface area contributed by atoms with Gasteiger partial charge in [0.1, 0.15) is 3.92 Å². The molecule has 1 aromatic rings. The largest absolute Gasteiger partial charge is 0.480 e. The molecule has 1 aromatic carbocycles. The number of halogens is 2. The van der Waals surface area contributed by atoms with Gasteiger partial charge in [-0.3, -0.25) is 4.79 Å². The number of aliphatic carboxylic acids is 1. The van der Waals surface area contributed by atoms with E-state index in [9.17, 15) is 18.3 Å². The van der Waals surface area contributed by atoms with E-state index >= 15 is 0 Å². The number of fused-ring (bicyclic) bond motifs is 1. The molecule has 21 heavy (non-hydrogen) atoms. The maximum absolute atomic E-state index is 12.5.